The standard InChI is InChI=1S/C21H40N4O3S2/c1-13-4-5-14(2)18(10-13)19-12-29-21(23-19)22-16-6-8-17(9-7-16)30(26,27)25-20-11-15(3)28-24-20/h13-25H,4-12H2,1-3H3. The van der Waals surface area contributed by atoms with Gasteiger partial charge in [-0.2, -0.15) is 10.2 Å². The summed E-state index contributed by atoms with van der Waals surface area (Å²) in [6, 6.07) is 1.01. The zero-order chi connectivity index (χ0) is 21.3. The number of hydrogen-bond acceptors (Lipinski definition) is 7. The van der Waals surface area contributed by atoms with Gasteiger partial charge in [-0.3, -0.25) is 15.5 Å². The second-order valence-corrected chi connectivity index (χ2v) is 13.3. The lowest BCUT2D eigenvalue weighted by Gasteiger charge is -2.37. The zero-order valence-electron chi connectivity index (χ0n) is 18.6. The summed E-state index contributed by atoms with van der Waals surface area (Å²) in [5, 5.41) is 7.32. The molecular formula is C21H40N4O3S2. The Morgan fingerprint density at radius 1 is 1.00 bits per heavy atom. The molecule has 7 unspecified atom stereocenters. The molecule has 0 aromatic heterocycles. The molecule has 0 aromatic rings. The van der Waals surface area contributed by atoms with Gasteiger partial charge < -0.3 is 0 Å². The van der Waals surface area contributed by atoms with E-state index in [4.69, 9.17) is 4.84 Å². The van der Waals surface area contributed by atoms with Crippen molar-refractivity contribution in [3.63, 3.8) is 0 Å². The Morgan fingerprint density at radius 2 is 1.77 bits per heavy atom. The number of hydrogen-bond donors (Lipinski definition) is 4. The summed E-state index contributed by atoms with van der Waals surface area (Å²) < 4.78 is 28.3. The molecule has 0 aromatic carbocycles. The van der Waals surface area contributed by atoms with E-state index in [2.05, 4.69) is 34.7 Å². The van der Waals surface area contributed by atoms with E-state index in [9.17, 15) is 8.42 Å². The van der Waals surface area contributed by atoms with Gasteiger partial charge in [0.05, 0.1) is 17.5 Å². The molecule has 174 valence electrons. The van der Waals surface area contributed by atoms with Gasteiger partial charge in [-0.1, -0.05) is 26.7 Å². The number of hydroxylamine groups is 1. The van der Waals surface area contributed by atoms with E-state index in [0.29, 0.717) is 36.8 Å². The highest BCUT2D eigenvalue weighted by Crippen LogP contribution is 2.38. The molecule has 0 amide bonds. The fourth-order valence-corrected chi connectivity index (χ4v) is 8.65. The second kappa shape index (κ2) is 9.93. The summed E-state index contributed by atoms with van der Waals surface area (Å²) in [6.45, 7) is 6.76. The molecule has 4 fully saturated rings. The molecule has 4 aliphatic rings. The first-order valence-corrected chi connectivity index (χ1v) is 14.5. The van der Waals surface area contributed by atoms with Gasteiger partial charge in [-0.15, -0.1) is 11.8 Å². The lowest BCUT2D eigenvalue weighted by atomic mass is 9.72. The van der Waals surface area contributed by atoms with Crippen molar-refractivity contribution in [2.45, 2.75) is 107 Å². The molecule has 4 rings (SSSR count). The largest absolute Gasteiger partial charge is 0.297 e. The maximum Gasteiger partial charge on any atom is 0.215 e. The minimum Gasteiger partial charge on any atom is -0.297 e. The topological polar surface area (TPSA) is 91.5 Å². The monoisotopic (exact) mass is 460 g/mol. The van der Waals surface area contributed by atoms with Crippen molar-refractivity contribution in [2.24, 2.45) is 17.8 Å². The molecule has 2 heterocycles. The number of nitrogens with one attached hydrogen (secondary N) is 4. The Hall–Kier alpha value is 0.1000. The van der Waals surface area contributed by atoms with E-state index in [-0.39, 0.29) is 17.5 Å². The minimum atomic E-state index is -3.32. The van der Waals surface area contributed by atoms with Crippen LogP contribution in [0.25, 0.3) is 0 Å². The van der Waals surface area contributed by atoms with Crippen molar-refractivity contribution >= 4 is 21.8 Å². The van der Waals surface area contributed by atoms with E-state index in [1.54, 1.807) is 0 Å². The van der Waals surface area contributed by atoms with Gasteiger partial charge in [0.25, 0.3) is 0 Å². The molecule has 2 aliphatic heterocycles. The van der Waals surface area contributed by atoms with Crippen LogP contribution in [0, 0.1) is 17.8 Å². The predicted molar refractivity (Wildman–Crippen MR) is 122 cm³/mol. The summed E-state index contributed by atoms with van der Waals surface area (Å²) >= 11 is 1.99. The van der Waals surface area contributed by atoms with E-state index in [0.717, 1.165) is 30.6 Å². The zero-order valence-corrected chi connectivity index (χ0v) is 20.2. The van der Waals surface area contributed by atoms with Crippen molar-refractivity contribution in [3.8, 4) is 0 Å². The van der Waals surface area contributed by atoms with Crippen LogP contribution in [0.15, 0.2) is 0 Å². The van der Waals surface area contributed by atoms with Gasteiger partial charge in [0.2, 0.25) is 10.0 Å². The third-order valence-corrected chi connectivity index (χ3v) is 10.7. The molecule has 0 radical (unpaired) electrons. The number of rotatable bonds is 6. The van der Waals surface area contributed by atoms with Crippen LogP contribution < -0.4 is 20.8 Å². The van der Waals surface area contributed by atoms with Crippen LogP contribution in [-0.2, 0) is 14.9 Å². The van der Waals surface area contributed by atoms with Crippen LogP contribution >= 0.6 is 11.8 Å². The fraction of sp³-hybridized carbons (Fsp3) is 1.00. The minimum absolute atomic E-state index is 0.0395. The average molecular weight is 461 g/mol. The van der Waals surface area contributed by atoms with Crippen LogP contribution in [-0.4, -0.2) is 49.3 Å². The molecule has 0 bridgehead atoms. The third-order valence-electron chi connectivity index (χ3n) is 7.63. The highest BCUT2D eigenvalue weighted by molar-refractivity contribution is 8.00. The Kier molecular flexibility index (Phi) is 7.70. The molecule has 4 N–H and O–H groups in total. The normalized spacial score (nSPS) is 45.6. The van der Waals surface area contributed by atoms with E-state index in [1.807, 2.05) is 18.7 Å². The van der Waals surface area contributed by atoms with E-state index >= 15 is 0 Å². The highest BCUT2D eigenvalue weighted by atomic mass is 32.2. The third kappa shape index (κ3) is 5.71. The molecule has 7 nitrogen and oxygen atoms in total. The maximum absolute atomic E-state index is 12.7. The number of sulfonamides is 1. The van der Waals surface area contributed by atoms with E-state index in [1.165, 1.54) is 25.0 Å². The van der Waals surface area contributed by atoms with Gasteiger partial charge in [-0.25, -0.2) is 8.42 Å². The van der Waals surface area contributed by atoms with Gasteiger partial charge in [0.1, 0.15) is 5.50 Å². The summed E-state index contributed by atoms with van der Waals surface area (Å²) in [5.74, 6) is 3.64. The van der Waals surface area contributed by atoms with E-state index < -0.39 is 10.0 Å². The Morgan fingerprint density at radius 3 is 2.47 bits per heavy atom. The Bertz CT molecular complexity index is 671. The molecular weight excluding hydrogens is 420 g/mol. The van der Waals surface area contributed by atoms with Crippen molar-refractivity contribution in [3.05, 3.63) is 0 Å². The van der Waals surface area contributed by atoms with Gasteiger partial charge in [0, 0.05) is 24.3 Å². The second-order valence-electron chi connectivity index (χ2n) is 10.2. The first kappa shape index (κ1) is 23.3. The van der Waals surface area contributed by atoms with Crippen LogP contribution in [0.5, 0.6) is 0 Å². The Labute approximate surface area is 186 Å². The van der Waals surface area contributed by atoms with Gasteiger partial charge >= 0.3 is 0 Å². The van der Waals surface area contributed by atoms with Crippen molar-refractivity contribution in [1.82, 2.24) is 20.8 Å². The first-order valence-electron chi connectivity index (χ1n) is 11.9. The molecule has 2 aliphatic carbocycles. The summed E-state index contributed by atoms with van der Waals surface area (Å²) in [4.78, 5) is 5.26. The summed E-state index contributed by atoms with van der Waals surface area (Å²) in [6.07, 6.45) is 7.75. The summed E-state index contributed by atoms with van der Waals surface area (Å²) in [5.41, 5.74) is 3.08. The van der Waals surface area contributed by atoms with Gasteiger partial charge in [-0.05, 0) is 56.8 Å². The SMILES string of the molecule is CC1CCC(C)C(C2CSC(NC3CCC(S(=O)(=O)NC4CC(C)ON4)CC3)N2)C1. The predicted octanol–water partition coefficient (Wildman–Crippen LogP) is 2.51. The van der Waals surface area contributed by atoms with Crippen LogP contribution in [0.3, 0.4) is 0 Å². The lowest BCUT2D eigenvalue weighted by Crippen LogP contribution is -2.51. The average Bonchev–Trinajstić information content (AvgIpc) is 3.33. The maximum atomic E-state index is 12.7. The van der Waals surface area contributed by atoms with Crippen molar-refractivity contribution in [2.75, 3.05) is 5.75 Å². The molecule has 0 spiro atoms. The van der Waals surface area contributed by atoms with Crippen LogP contribution in [0.4, 0.5) is 0 Å². The Balaban J connectivity index is 1.20. The molecule has 7 atom stereocenters. The summed E-state index contributed by atoms with van der Waals surface area (Å²) in [7, 11) is -3.32. The van der Waals surface area contributed by atoms with Crippen LogP contribution in [0.1, 0.15) is 72.1 Å². The first-order chi connectivity index (χ1) is 14.3. The smallest absolute Gasteiger partial charge is 0.215 e. The molecule has 2 saturated heterocycles. The lowest BCUT2D eigenvalue weighted by molar-refractivity contribution is 0.0355. The quantitative estimate of drug-likeness (QED) is 0.484. The molecule has 2 saturated carbocycles. The molecule has 30 heavy (non-hydrogen) atoms. The van der Waals surface area contributed by atoms with Crippen molar-refractivity contribution < 1.29 is 13.3 Å². The fourth-order valence-electron chi connectivity index (χ4n) is 5.72. The van der Waals surface area contributed by atoms with Crippen LogP contribution in [0.2, 0.25) is 0 Å². The molecule has 9 heteroatoms. The van der Waals surface area contributed by atoms with Gasteiger partial charge in [0.15, 0.2) is 0 Å². The van der Waals surface area contributed by atoms with Crippen molar-refractivity contribution in [1.29, 1.82) is 0 Å². The highest BCUT2D eigenvalue weighted by Gasteiger charge is 2.38. The number of thioether (sulfide) groups is 1.